The Labute approximate surface area is 128 Å². The van der Waals surface area contributed by atoms with Gasteiger partial charge in [0.1, 0.15) is 0 Å². The highest BCUT2D eigenvalue weighted by Crippen LogP contribution is 2.26. The Morgan fingerprint density at radius 1 is 1.23 bits per heavy atom. The molecule has 1 rings (SSSR count). The number of imide groups is 1. The smallest absolute Gasteiger partial charge is 0.321 e. The maximum absolute atomic E-state index is 11.3. The molecule has 0 atom stereocenters. The summed E-state index contributed by atoms with van der Waals surface area (Å²) in [6, 6.07) is 4.62. The summed E-state index contributed by atoms with van der Waals surface area (Å²) in [7, 11) is 3.07. The van der Waals surface area contributed by atoms with Gasteiger partial charge in [-0.05, 0) is 25.1 Å². The molecule has 8 nitrogen and oxygen atoms in total. The van der Waals surface area contributed by atoms with Crippen molar-refractivity contribution in [3.8, 4) is 11.5 Å². The van der Waals surface area contributed by atoms with Crippen LogP contribution in [0.25, 0.3) is 0 Å². The SMILES string of the molecule is CCNC(=O)NC(=O)CO/N=C\c1ccc(OC)c(OC)c1. The highest BCUT2D eigenvalue weighted by Gasteiger charge is 2.06. The summed E-state index contributed by atoms with van der Waals surface area (Å²) in [5, 5.41) is 8.17. The van der Waals surface area contributed by atoms with Crippen LogP contribution in [-0.2, 0) is 9.63 Å². The molecule has 22 heavy (non-hydrogen) atoms. The van der Waals surface area contributed by atoms with Crippen molar-refractivity contribution in [2.45, 2.75) is 6.92 Å². The van der Waals surface area contributed by atoms with Crippen LogP contribution in [0.1, 0.15) is 12.5 Å². The number of hydrogen-bond acceptors (Lipinski definition) is 6. The van der Waals surface area contributed by atoms with Gasteiger partial charge in [0.05, 0.1) is 20.4 Å². The number of carbonyl (C=O) groups excluding carboxylic acids is 2. The summed E-state index contributed by atoms with van der Waals surface area (Å²) < 4.78 is 10.3. The summed E-state index contributed by atoms with van der Waals surface area (Å²) in [5.74, 6) is 0.567. The lowest BCUT2D eigenvalue weighted by Crippen LogP contribution is -2.40. The van der Waals surface area contributed by atoms with E-state index in [1.807, 2.05) is 0 Å². The third kappa shape index (κ3) is 5.70. The van der Waals surface area contributed by atoms with Crippen LogP contribution in [0.2, 0.25) is 0 Å². The van der Waals surface area contributed by atoms with Crippen molar-refractivity contribution in [3.63, 3.8) is 0 Å². The molecule has 0 fully saturated rings. The largest absolute Gasteiger partial charge is 0.493 e. The summed E-state index contributed by atoms with van der Waals surface area (Å²) in [4.78, 5) is 27.2. The molecule has 0 saturated heterocycles. The van der Waals surface area contributed by atoms with E-state index in [4.69, 9.17) is 14.3 Å². The fraction of sp³-hybridized carbons (Fsp3) is 0.357. The van der Waals surface area contributed by atoms with Crippen molar-refractivity contribution in [2.24, 2.45) is 5.16 Å². The minimum absolute atomic E-state index is 0.360. The molecule has 0 bridgehead atoms. The number of methoxy groups -OCH3 is 2. The molecule has 0 saturated carbocycles. The van der Waals surface area contributed by atoms with Crippen LogP contribution in [0.3, 0.4) is 0 Å². The predicted octanol–water partition coefficient (Wildman–Crippen LogP) is 0.900. The van der Waals surface area contributed by atoms with Crippen LogP contribution >= 0.6 is 0 Å². The van der Waals surface area contributed by atoms with E-state index in [1.165, 1.54) is 13.3 Å². The first kappa shape index (κ1) is 17.3. The van der Waals surface area contributed by atoms with Gasteiger partial charge < -0.3 is 19.6 Å². The van der Waals surface area contributed by atoms with Crippen LogP contribution < -0.4 is 20.1 Å². The van der Waals surface area contributed by atoms with Gasteiger partial charge in [0.2, 0.25) is 0 Å². The van der Waals surface area contributed by atoms with Gasteiger partial charge in [-0.25, -0.2) is 4.79 Å². The molecule has 0 aliphatic rings. The number of oxime groups is 1. The number of carbonyl (C=O) groups is 2. The van der Waals surface area contributed by atoms with Crippen molar-refractivity contribution in [1.82, 2.24) is 10.6 Å². The van der Waals surface area contributed by atoms with Gasteiger partial charge in [0, 0.05) is 12.1 Å². The fourth-order valence-corrected chi connectivity index (χ4v) is 1.49. The van der Waals surface area contributed by atoms with Crippen LogP contribution in [0, 0.1) is 0 Å². The fourth-order valence-electron chi connectivity index (χ4n) is 1.49. The topological polar surface area (TPSA) is 98.3 Å². The van der Waals surface area contributed by atoms with Gasteiger partial charge in [0.15, 0.2) is 18.1 Å². The molecular formula is C14H19N3O5. The first-order chi connectivity index (χ1) is 10.6. The Balaban J connectivity index is 2.46. The number of rotatable bonds is 7. The molecule has 0 aliphatic carbocycles. The van der Waals surface area contributed by atoms with E-state index < -0.39 is 11.9 Å². The second-order valence-corrected chi connectivity index (χ2v) is 4.03. The summed E-state index contributed by atoms with van der Waals surface area (Å²) in [6.07, 6.45) is 1.42. The molecule has 0 unspecified atom stereocenters. The summed E-state index contributed by atoms with van der Waals surface area (Å²) in [6.45, 7) is 1.81. The average molecular weight is 309 g/mol. The third-order valence-corrected chi connectivity index (χ3v) is 2.47. The third-order valence-electron chi connectivity index (χ3n) is 2.47. The van der Waals surface area contributed by atoms with Gasteiger partial charge in [-0.1, -0.05) is 5.16 Å². The zero-order valence-corrected chi connectivity index (χ0v) is 12.7. The maximum atomic E-state index is 11.3. The molecule has 0 aromatic heterocycles. The lowest BCUT2D eigenvalue weighted by Gasteiger charge is -2.07. The minimum Gasteiger partial charge on any atom is -0.493 e. The normalized spacial score (nSPS) is 10.1. The molecule has 0 aliphatic heterocycles. The van der Waals surface area contributed by atoms with Gasteiger partial charge in [-0.15, -0.1) is 0 Å². The van der Waals surface area contributed by atoms with Crippen molar-refractivity contribution < 1.29 is 23.9 Å². The molecular weight excluding hydrogens is 290 g/mol. The van der Waals surface area contributed by atoms with E-state index in [0.717, 1.165) is 0 Å². The molecule has 120 valence electrons. The lowest BCUT2D eigenvalue weighted by atomic mass is 10.2. The first-order valence-corrected chi connectivity index (χ1v) is 6.55. The number of amides is 3. The van der Waals surface area contributed by atoms with E-state index in [-0.39, 0.29) is 6.61 Å². The second-order valence-electron chi connectivity index (χ2n) is 4.03. The van der Waals surface area contributed by atoms with Crippen molar-refractivity contribution >= 4 is 18.2 Å². The molecule has 2 N–H and O–H groups in total. The number of nitrogens with one attached hydrogen (secondary N) is 2. The number of hydrogen-bond donors (Lipinski definition) is 2. The van der Waals surface area contributed by atoms with Gasteiger partial charge >= 0.3 is 6.03 Å². The van der Waals surface area contributed by atoms with Crippen molar-refractivity contribution in [1.29, 1.82) is 0 Å². The first-order valence-electron chi connectivity index (χ1n) is 6.55. The predicted molar refractivity (Wildman–Crippen MR) is 80.3 cm³/mol. The lowest BCUT2D eigenvalue weighted by molar-refractivity contribution is -0.124. The zero-order chi connectivity index (χ0) is 16.4. The van der Waals surface area contributed by atoms with E-state index in [2.05, 4.69) is 15.8 Å². The van der Waals surface area contributed by atoms with Crippen LogP contribution in [0.4, 0.5) is 4.79 Å². The van der Waals surface area contributed by atoms with Gasteiger partial charge in [0.25, 0.3) is 5.91 Å². The highest BCUT2D eigenvalue weighted by atomic mass is 16.6. The Morgan fingerprint density at radius 3 is 2.59 bits per heavy atom. The van der Waals surface area contributed by atoms with E-state index in [9.17, 15) is 9.59 Å². The van der Waals surface area contributed by atoms with Crippen LogP contribution in [-0.4, -0.2) is 45.5 Å². The van der Waals surface area contributed by atoms with Crippen LogP contribution in [0.15, 0.2) is 23.4 Å². The Bertz CT molecular complexity index is 545. The van der Waals surface area contributed by atoms with Gasteiger partial charge in [-0.2, -0.15) is 0 Å². The minimum atomic E-state index is -0.588. The Kier molecular flexibility index (Phi) is 7.24. The standard InChI is InChI=1S/C14H19N3O5/c1-4-15-14(19)17-13(18)9-22-16-8-10-5-6-11(20-2)12(7-10)21-3/h5-8H,4,9H2,1-3H3,(H2,15,17,18,19)/b16-8-. The molecule has 8 heteroatoms. The molecule has 0 radical (unpaired) electrons. The molecule has 1 aromatic rings. The number of nitrogens with zero attached hydrogens (tertiary/aromatic N) is 1. The quantitative estimate of drug-likeness (QED) is 0.576. The maximum Gasteiger partial charge on any atom is 0.321 e. The highest BCUT2D eigenvalue weighted by molar-refractivity contribution is 5.94. The number of benzene rings is 1. The van der Waals surface area contributed by atoms with Crippen molar-refractivity contribution in [3.05, 3.63) is 23.8 Å². The Morgan fingerprint density at radius 2 is 1.95 bits per heavy atom. The number of urea groups is 1. The van der Waals surface area contributed by atoms with E-state index in [1.54, 1.807) is 32.2 Å². The Hall–Kier alpha value is -2.77. The van der Waals surface area contributed by atoms with Crippen molar-refractivity contribution in [2.75, 3.05) is 27.4 Å². The zero-order valence-electron chi connectivity index (χ0n) is 12.7. The monoisotopic (exact) mass is 309 g/mol. The van der Waals surface area contributed by atoms with Crippen LogP contribution in [0.5, 0.6) is 11.5 Å². The molecule has 3 amide bonds. The van der Waals surface area contributed by atoms with Gasteiger partial charge in [-0.3, -0.25) is 10.1 Å². The second kappa shape index (κ2) is 9.22. The van der Waals surface area contributed by atoms with E-state index in [0.29, 0.717) is 23.6 Å². The molecule has 0 spiro atoms. The molecule has 0 heterocycles. The number of ether oxygens (including phenoxy) is 2. The van der Waals surface area contributed by atoms with E-state index >= 15 is 0 Å². The summed E-state index contributed by atoms with van der Waals surface area (Å²) in [5.41, 5.74) is 0.710. The summed E-state index contributed by atoms with van der Waals surface area (Å²) >= 11 is 0. The molecule has 1 aromatic carbocycles. The average Bonchev–Trinajstić information content (AvgIpc) is 2.51.